The van der Waals surface area contributed by atoms with Crippen molar-refractivity contribution in [2.24, 2.45) is 0 Å². The number of piperazine rings is 1. The van der Waals surface area contributed by atoms with Crippen LogP contribution in [0.5, 0.6) is 0 Å². The fourth-order valence-electron chi connectivity index (χ4n) is 3.96. The highest BCUT2D eigenvalue weighted by atomic mass is 32.2. The van der Waals surface area contributed by atoms with E-state index in [1.807, 2.05) is 0 Å². The number of halogens is 3. The van der Waals surface area contributed by atoms with Gasteiger partial charge in [-0.2, -0.15) is 17.5 Å². The average molecular weight is 485 g/mol. The zero-order valence-electron chi connectivity index (χ0n) is 18.3. The third kappa shape index (κ3) is 6.78. The lowest BCUT2D eigenvalue weighted by molar-refractivity contribution is -0.138. The summed E-state index contributed by atoms with van der Waals surface area (Å²) in [5.74, 6) is -1.02. The van der Waals surface area contributed by atoms with Gasteiger partial charge in [0.15, 0.2) is 0 Å². The maximum Gasteiger partial charge on any atom is 0.416 e. The van der Waals surface area contributed by atoms with Crippen molar-refractivity contribution < 1.29 is 31.5 Å². The molecule has 2 aromatic rings. The van der Waals surface area contributed by atoms with Gasteiger partial charge in [-0.3, -0.25) is 4.79 Å². The van der Waals surface area contributed by atoms with Crippen molar-refractivity contribution in [1.82, 2.24) is 9.21 Å². The van der Waals surface area contributed by atoms with Crippen molar-refractivity contribution in [3.05, 3.63) is 64.7 Å². The number of carboxylic acids is 1. The molecule has 6 nitrogen and oxygen atoms in total. The summed E-state index contributed by atoms with van der Waals surface area (Å²) in [5, 5.41) is 9.01. The topological polar surface area (TPSA) is 77.9 Å². The van der Waals surface area contributed by atoms with E-state index in [4.69, 9.17) is 5.11 Å². The molecular formula is C23H27F3N2O4S. The monoisotopic (exact) mass is 484 g/mol. The molecule has 1 saturated heterocycles. The summed E-state index contributed by atoms with van der Waals surface area (Å²) in [7, 11) is -3.72. The SMILES string of the molecule is Cc1cc(CC(=O)O)cc(S(=O)(=O)N2CCN(CCCc3ccc(C(F)(F)F)cc3)CC2)c1. The second-order valence-electron chi connectivity index (χ2n) is 8.27. The molecule has 1 aliphatic rings. The van der Waals surface area contributed by atoms with Gasteiger partial charge < -0.3 is 10.0 Å². The summed E-state index contributed by atoms with van der Waals surface area (Å²) >= 11 is 0. The molecule has 1 aliphatic heterocycles. The van der Waals surface area contributed by atoms with E-state index in [0.717, 1.165) is 30.7 Å². The van der Waals surface area contributed by atoms with Gasteiger partial charge in [0.2, 0.25) is 10.0 Å². The summed E-state index contributed by atoms with van der Waals surface area (Å²) < 4.78 is 65.5. The number of hydrogen-bond donors (Lipinski definition) is 1. The Bertz CT molecular complexity index is 1080. The molecule has 0 bridgehead atoms. The zero-order valence-corrected chi connectivity index (χ0v) is 19.1. The molecule has 2 aromatic carbocycles. The summed E-state index contributed by atoms with van der Waals surface area (Å²) in [4.78, 5) is 13.2. The number of aliphatic carboxylic acids is 1. The lowest BCUT2D eigenvalue weighted by Crippen LogP contribution is -2.48. The zero-order chi connectivity index (χ0) is 24.2. The Hall–Kier alpha value is -2.43. The first kappa shape index (κ1) is 25.2. The number of aryl methyl sites for hydroxylation is 2. The van der Waals surface area contributed by atoms with Crippen LogP contribution in [0.2, 0.25) is 0 Å². The fraction of sp³-hybridized carbons (Fsp3) is 0.435. The molecule has 1 heterocycles. The first-order valence-electron chi connectivity index (χ1n) is 10.7. The number of nitrogens with zero attached hydrogens (tertiary/aromatic N) is 2. The molecule has 1 fully saturated rings. The molecule has 0 saturated carbocycles. The number of benzene rings is 2. The maximum absolute atomic E-state index is 13.1. The number of sulfonamides is 1. The summed E-state index contributed by atoms with van der Waals surface area (Å²) in [6.07, 6.45) is -3.17. The van der Waals surface area contributed by atoms with E-state index in [1.165, 1.54) is 22.5 Å². The normalized spacial score (nSPS) is 16.1. The van der Waals surface area contributed by atoms with E-state index < -0.39 is 27.7 Å². The molecule has 33 heavy (non-hydrogen) atoms. The van der Waals surface area contributed by atoms with Gasteiger partial charge >= 0.3 is 12.1 Å². The smallest absolute Gasteiger partial charge is 0.416 e. The molecule has 0 radical (unpaired) electrons. The third-order valence-corrected chi connectivity index (χ3v) is 7.53. The fourth-order valence-corrected chi connectivity index (χ4v) is 5.54. The minimum atomic E-state index is -4.34. The molecule has 0 atom stereocenters. The lowest BCUT2D eigenvalue weighted by Gasteiger charge is -2.34. The Morgan fingerprint density at radius 1 is 1.00 bits per heavy atom. The summed E-state index contributed by atoms with van der Waals surface area (Å²) in [5.41, 5.74) is 1.31. The molecule has 1 N–H and O–H groups in total. The van der Waals surface area contributed by atoms with Gasteiger partial charge in [-0.15, -0.1) is 0 Å². The number of carbonyl (C=O) groups is 1. The van der Waals surface area contributed by atoms with E-state index in [0.29, 0.717) is 43.7 Å². The molecule has 0 aromatic heterocycles. The van der Waals surface area contributed by atoms with E-state index >= 15 is 0 Å². The van der Waals surface area contributed by atoms with Crippen molar-refractivity contribution in [3.63, 3.8) is 0 Å². The highest BCUT2D eigenvalue weighted by Gasteiger charge is 2.30. The first-order chi connectivity index (χ1) is 15.4. The predicted molar refractivity (Wildman–Crippen MR) is 117 cm³/mol. The van der Waals surface area contributed by atoms with Crippen molar-refractivity contribution in [3.8, 4) is 0 Å². The Morgan fingerprint density at radius 3 is 2.21 bits per heavy atom. The van der Waals surface area contributed by atoms with Crippen LogP contribution in [0.15, 0.2) is 47.4 Å². The Kier molecular flexibility index (Phi) is 7.81. The van der Waals surface area contributed by atoms with Crippen LogP contribution in [0.4, 0.5) is 13.2 Å². The van der Waals surface area contributed by atoms with Crippen LogP contribution in [0.25, 0.3) is 0 Å². The van der Waals surface area contributed by atoms with Gasteiger partial charge in [-0.25, -0.2) is 8.42 Å². The number of rotatable bonds is 8. The molecule has 3 rings (SSSR count). The van der Waals surface area contributed by atoms with Crippen LogP contribution < -0.4 is 0 Å². The van der Waals surface area contributed by atoms with E-state index in [1.54, 1.807) is 19.1 Å². The van der Waals surface area contributed by atoms with Crippen LogP contribution in [-0.2, 0) is 33.8 Å². The van der Waals surface area contributed by atoms with Gasteiger partial charge in [0.25, 0.3) is 0 Å². The number of carboxylic acid groups (broad SMARTS) is 1. The second-order valence-corrected chi connectivity index (χ2v) is 10.2. The highest BCUT2D eigenvalue weighted by Crippen LogP contribution is 2.29. The van der Waals surface area contributed by atoms with Gasteiger partial charge in [-0.1, -0.05) is 18.2 Å². The Labute approximate surface area is 191 Å². The predicted octanol–water partition coefficient (Wildman–Crippen LogP) is 3.58. The number of hydrogen-bond acceptors (Lipinski definition) is 4. The van der Waals surface area contributed by atoms with Crippen LogP contribution in [0.1, 0.15) is 28.7 Å². The Balaban J connectivity index is 1.52. The minimum absolute atomic E-state index is 0.106. The van der Waals surface area contributed by atoms with E-state index in [9.17, 15) is 26.4 Å². The third-order valence-electron chi connectivity index (χ3n) is 5.66. The average Bonchev–Trinajstić information content (AvgIpc) is 2.73. The molecule has 0 amide bonds. The molecular weight excluding hydrogens is 457 g/mol. The maximum atomic E-state index is 13.1. The van der Waals surface area contributed by atoms with Crippen LogP contribution in [-0.4, -0.2) is 61.4 Å². The van der Waals surface area contributed by atoms with Crippen molar-refractivity contribution in [2.75, 3.05) is 32.7 Å². The Morgan fingerprint density at radius 2 is 1.64 bits per heavy atom. The second kappa shape index (κ2) is 10.2. The van der Waals surface area contributed by atoms with Gasteiger partial charge in [0.1, 0.15) is 0 Å². The van der Waals surface area contributed by atoms with Crippen molar-refractivity contribution in [1.29, 1.82) is 0 Å². The molecule has 10 heteroatoms. The summed E-state index contributed by atoms with van der Waals surface area (Å²) in [6, 6.07) is 9.81. The molecule has 0 unspecified atom stereocenters. The first-order valence-corrected chi connectivity index (χ1v) is 12.1. The molecule has 0 aliphatic carbocycles. The highest BCUT2D eigenvalue weighted by molar-refractivity contribution is 7.89. The van der Waals surface area contributed by atoms with E-state index in [2.05, 4.69) is 4.90 Å². The van der Waals surface area contributed by atoms with Gasteiger partial charge in [0, 0.05) is 26.2 Å². The van der Waals surface area contributed by atoms with Crippen molar-refractivity contribution >= 4 is 16.0 Å². The molecule has 0 spiro atoms. The lowest BCUT2D eigenvalue weighted by atomic mass is 10.1. The largest absolute Gasteiger partial charge is 0.481 e. The summed E-state index contributed by atoms with van der Waals surface area (Å²) in [6.45, 7) is 4.22. The molecule has 180 valence electrons. The standard InChI is InChI=1S/C23H27F3N2O4S/c1-17-13-19(16-22(29)30)15-21(14-17)33(31,32)28-11-9-27(10-12-28)8-2-3-18-4-6-20(7-5-18)23(24,25)26/h4-7,13-15H,2-3,8-12,16H2,1H3,(H,29,30). The van der Waals surface area contributed by atoms with Crippen molar-refractivity contribution in [2.45, 2.75) is 37.3 Å². The minimum Gasteiger partial charge on any atom is -0.481 e. The quantitative estimate of drug-likeness (QED) is 0.620. The van der Waals surface area contributed by atoms with Crippen LogP contribution in [0.3, 0.4) is 0 Å². The van der Waals surface area contributed by atoms with Gasteiger partial charge in [-0.05, 0) is 67.3 Å². The van der Waals surface area contributed by atoms with Gasteiger partial charge in [0.05, 0.1) is 16.9 Å². The number of alkyl halides is 3. The van der Waals surface area contributed by atoms with Crippen LogP contribution in [0, 0.1) is 6.92 Å². The van der Waals surface area contributed by atoms with Crippen LogP contribution >= 0.6 is 0 Å². The van der Waals surface area contributed by atoms with E-state index in [-0.39, 0.29) is 11.3 Å².